The molecule has 2 aromatic heterocycles. The van der Waals surface area contributed by atoms with Crippen molar-refractivity contribution in [2.75, 3.05) is 36.5 Å². The van der Waals surface area contributed by atoms with Crippen LogP contribution < -0.4 is 10.2 Å². The van der Waals surface area contributed by atoms with Gasteiger partial charge in [0.25, 0.3) is 0 Å². The van der Waals surface area contributed by atoms with Gasteiger partial charge in [0.05, 0.1) is 12.7 Å². The van der Waals surface area contributed by atoms with E-state index in [0.29, 0.717) is 37.8 Å². The van der Waals surface area contributed by atoms with Gasteiger partial charge in [-0.15, -0.1) is 0 Å². The van der Waals surface area contributed by atoms with Crippen molar-refractivity contribution in [1.82, 2.24) is 19.9 Å². The van der Waals surface area contributed by atoms with Crippen LogP contribution in [0.15, 0.2) is 42.9 Å². The minimum Gasteiger partial charge on any atom is -0.396 e. The van der Waals surface area contributed by atoms with Gasteiger partial charge in [-0.1, -0.05) is 6.07 Å². The fourth-order valence-electron chi connectivity index (χ4n) is 3.58. The Hall–Kier alpha value is -3.31. The number of aliphatic hydroxyl groups excluding tert-OH is 1. The van der Waals surface area contributed by atoms with Crippen molar-refractivity contribution in [2.24, 2.45) is 0 Å². The molecule has 3 aromatic rings. The summed E-state index contributed by atoms with van der Waals surface area (Å²) in [4.78, 5) is 18.4. The van der Waals surface area contributed by atoms with Gasteiger partial charge in [-0.05, 0) is 42.7 Å². The number of hydrogen-bond donors (Lipinski definition) is 2. The van der Waals surface area contributed by atoms with E-state index in [0.717, 1.165) is 29.0 Å². The first kappa shape index (κ1) is 22.9. The minimum atomic E-state index is -4.55. The molecule has 1 aromatic carbocycles. The summed E-state index contributed by atoms with van der Waals surface area (Å²) in [6, 6.07) is 6.33. The van der Waals surface area contributed by atoms with Crippen molar-refractivity contribution in [3.63, 3.8) is 0 Å². The smallest absolute Gasteiger partial charge is 0.396 e. The molecule has 3 heterocycles. The summed E-state index contributed by atoms with van der Waals surface area (Å²) >= 11 is 0. The predicted molar refractivity (Wildman–Crippen MR) is 116 cm³/mol. The monoisotopic (exact) mass is 460 g/mol. The number of morpholine rings is 1. The molecule has 1 aliphatic rings. The Labute approximate surface area is 188 Å². The third-order valence-electron chi connectivity index (χ3n) is 5.12. The number of anilines is 3. The number of aryl methyl sites for hydroxylation is 1. The van der Waals surface area contributed by atoms with Gasteiger partial charge in [-0.3, -0.25) is 0 Å². The molecular formula is C22H23F3N6O2. The molecule has 33 heavy (non-hydrogen) atoms. The highest BCUT2D eigenvalue weighted by molar-refractivity contribution is 5.70. The van der Waals surface area contributed by atoms with Crippen molar-refractivity contribution >= 4 is 17.6 Å². The first-order chi connectivity index (χ1) is 15.8. The van der Waals surface area contributed by atoms with Gasteiger partial charge in [0.15, 0.2) is 0 Å². The van der Waals surface area contributed by atoms with Crippen LogP contribution in [0.5, 0.6) is 0 Å². The predicted octanol–water partition coefficient (Wildman–Crippen LogP) is 3.59. The van der Waals surface area contributed by atoms with E-state index < -0.39 is 11.9 Å². The van der Waals surface area contributed by atoms with E-state index in [4.69, 9.17) is 9.84 Å². The van der Waals surface area contributed by atoms with Crippen LogP contribution in [0.3, 0.4) is 0 Å². The molecule has 1 fully saturated rings. The molecule has 0 amide bonds. The Bertz CT molecular complexity index is 1090. The molecule has 1 aliphatic heterocycles. The van der Waals surface area contributed by atoms with Gasteiger partial charge < -0.3 is 20.1 Å². The van der Waals surface area contributed by atoms with Crippen LogP contribution in [0, 0.1) is 6.92 Å². The number of hydrogen-bond acceptors (Lipinski definition) is 8. The lowest BCUT2D eigenvalue weighted by molar-refractivity contribution is -0.141. The molecule has 8 nitrogen and oxygen atoms in total. The van der Waals surface area contributed by atoms with Crippen molar-refractivity contribution < 1.29 is 23.0 Å². The molecule has 1 atom stereocenters. The number of aliphatic hydroxyl groups is 1. The third-order valence-corrected chi connectivity index (χ3v) is 5.12. The molecule has 0 radical (unpaired) electrons. The number of halogens is 3. The summed E-state index contributed by atoms with van der Waals surface area (Å²) in [5, 5.41) is 12.0. The topological polar surface area (TPSA) is 96.3 Å². The van der Waals surface area contributed by atoms with Crippen molar-refractivity contribution in [2.45, 2.75) is 25.6 Å². The molecule has 0 bridgehead atoms. The third kappa shape index (κ3) is 5.74. The molecule has 1 saturated heterocycles. The van der Waals surface area contributed by atoms with Crippen LogP contribution >= 0.6 is 0 Å². The van der Waals surface area contributed by atoms with Crippen molar-refractivity contribution in [3.05, 3.63) is 54.1 Å². The summed E-state index contributed by atoms with van der Waals surface area (Å²) in [5.41, 5.74) is 1.99. The van der Waals surface area contributed by atoms with Crippen LogP contribution in [0.4, 0.5) is 30.8 Å². The summed E-state index contributed by atoms with van der Waals surface area (Å²) in [7, 11) is 0. The summed E-state index contributed by atoms with van der Waals surface area (Å²) < 4.78 is 44.4. The first-order valence-electron chi connectivity index (χ1n) is 10.4. The standard InChI is InChI=1S/C22H23F3N6O2/c1-14-8-15(10-17(9-14)29-20-26-4-2-19(30-20)22(23,24)25)16-11-27-21(28-12-16)31-5-7-33-18(13-31)3-6-32/h2,4,8-12,18,32H,3,5-7,13H2,1H3,(H,26,29,30). The number of benzene rings is 1. The van der Waals surface area contributed by atoms with Gasteiger partial charge in [-0.25, -0.2) is 19.9 Å². The number of alkyl halides is 3. The van der Waals surface area contributed by atoms with Crippen LogP contribution in [-0.4, -0.2) is 57.4 Å². The lowest BCUT2D eigenvalue weighted by Crippen LogP contribution is -2.43. The molecule has 0 spiro atoms. The number of nitrogens with one attached hydrogen (secondary N) is 1. The van der Waals surface area contributed by atoms with E-state index >= 15 is 0 Å². The highest BCUT2D eigenvalue weighted by atomic mass is 19.4. The van der Waals surface area contributed by atoms with E-state index in [1.807, 2.05) is 17.9 Å². The highest BCUT2D eigenvalue weighted by Gasteiger charge is 2.32. The molecule has 2 N–H and O–H groups in total. The van der Waals surface area contributed by atoms with Crippen LogP contribution in [0.25, 0.3) is 11.1 Å². The summed E-state index contributed by atoms with van der Waals surface area (Å²) in [6.45, 7) is 3.76. The zero-order valence-electron chi connectivity index (χ0n) is 17.9. The Balaban J connectivity index is 1.52. The summed E-state index contributed by atoms with van der Waals surface area (Å²) in [6.07, 6.45) is 0.433. The molecule has 11 heteroatoms. The Morgan fingerprint density at radius 2 is 1.94 bits per heavy atom. The van der Waals surface area contributed by atoms with E-state index in [2.05, 4.69) is 25.3 Å². The second-order valence-electron chi connectivity index (χ2n) is 7.70. The molecule has 174 valence electrons. The lowest BCUT2D eigenvalue weighted by Gasteiger charge is -2.32. The molecule has 1 unspecified atom stereocenters. The fourth-order valence-corrected chi connectivity index (χ4v) is 3.58. The average Bonchev–Trinajstić information content (AvgIpc) is 2.79. The Kier molecular flexibility index (Phi) is 6.70. The zero-order chi connectivity index (χ0) is 23.4. The van der Waals surface area contributed by atoms with Gasteiger partial charge in [0.2, 0.25) is 11.9 Å². The quantitative estimate of drug-likeness (QED) is 0.576. The number of aromatic nitrogens is 4. The van der Waals surface area contributed by atoms with E-state index in [1.165, 1.54) is 0 Å². The highest BCUT2D eigenvalue weighted by Crippen LogP contribution is 2.29. The maximum atomic E-state index is 12.9. The van der Waals surface area contributed by atoms with Crippen LogP contribution in [0.2, 0.25) is 0 Å². The second-order valence-corrected chi connectivity index (χ2v) is 7.70. The Morgan fingerprint density at radius 3 is 2.67 bits per heavy atom. The van der Waals surface area contributed by atoms with E-state index in [-0.39, 0.29) is 18.7 Å². The number of rotatable bonds is 6. The first-order valence-corrected chi connectivity index (χ1v) is 10.4. The van der Waals surface area contributed by atoms with Gasteiger partial charge in [0, 0.05) is 49.5 Å². The maximum absolute atomic E-state index is 12.9. The molecule has 0 aliphatic carbocycles. The van der Waals surface area contributed by atoms with Crippen molar-refractivity contribution in [3.8, 4) is 11.1 Å². The van der Waals surface area contributed by atoms with Gasteiger partial charge in [-0.2, -0.15) is 13.2 Å². The minimum absolute atomic E-state index is 0.0597. The number of nitrogens with zero attached hydrogens (tertiary/aromatic N) is 5. The number of ether oxygens (including phenoxy) is 1. The largest absolute Gasteiger partial charge is 0.433 e. The van der Waals surface area contributed by atoms with Gasteiger partial charge in [0.1, 0.15) is 5.69 Å². The molecule has 4 rings (SSSR count). The van der Waals surface area contributed by atoms with E-state index in [1.54, 1.807) is 24.5 Å². The van der Waals surface area contributed by atoms with Crippen LogP contribution in [0.1, 0.15) is 17.7 Å². The molecular weight excluding hydrogens is 437 g/mol. The van der Waals surface area contributed by atoms with Crippen LogP contribution in [-0.2, 0) is 10.9 Å². The summed E-state index contributed by atoms with van der Waals surface area (Å²) in [5.74, 6) is 0.436. The van der Waals surface area contributed by atoms with E-state index in [9.17, 15) is 13.2 Å². The second kappa shape index (κ2) is 9.67. The normalized spacial score (nSPS) is 16.6. The zero-order valence-corrected chi connectivity index (χ0v) is 17.9. The maximum Gasteiger partial charge on any atom is 0.433 e. The fraction of sp³-hybridized carbons (Fsp3) is 0.364. The average molecular weight is 460 g/mol. The SMILES string of the molecule is Cc1cc(Nc2nccc(C(F)(F)F)n2)cc(-c2cnc(N3CCOC(CCO)C3)nc2)c1. The molecule has 0 saturated carbocycles. The van der Waals surface area contributed by atoms with Gasteiger partial charge >= 0.3 is 6.18 Å². The Morgan fingerprint density at radius 1 is 1.15 bits per heavy atom. The lowest BCUT2D eigenvalue weighted by atomic mass is 10.1. The van der Waals surface area contributed by atoms with Crippen molar-refractivity contribution in [1.29, 1.82) is 0 Å².